The number of rotatable bonds is 17. The first kappa shape index (κ1) is 43.5. The third-order valence-electron chi connectivity index (χ3n) is 8.66. The second-order valence-electron chi connectivity index (χ2n) is 12.6. The Bertz CT molecular complexity index is 2320. The zero-order valence-electron chi connectivity index (χ0n) is 33.3. The summed E-state index contributed by atoms with van der Waals surface area (Å²) in [6.45, 7) is 5.27. The lowest BCUT2D eigenvalue weighted by molar-refractivity contribution is -0.116. The molecule has 1 atom stereocenters. The molecule has 5 rings (SSSR count). The van der Waals surface area contributed by atoms with Crippen LogP contribution in [0.2, 0.25) is 0 Å². The van der Waals surface area contributed by atoms with Gasteiger partial charge in [0, 0.05) is 21.8 Å². The maximum absolute atomic E-state index is 13.9. The molecule has 0 spiro atoms. The monoisotopic (exact) mass is 836 g/mol. The van der Waals surface area contributed by atoms with Crippen molar-refractivity contribution in [1.29, 1.82) is 0 Å². The van der Waals surface area contributed by atoms with E-state index in [2.05, 4.69) is 21.3 Å². The maximum atomic E-state index is 13.9. The van der Waals surface area contributed by atoms with Gasteiger partial charge in [-0.3, -0.25) is 19.2 Å². The second-order valence-corrected chi connectivity index (χ2v) is 14.9. The molecule has 5 aromatic rings. The van der Waals surface area contributed by atoms with Gasteiger partial charge >= 0.3 is 5.97 Å². The van der Waals surface area contributed by atoms with Crippen molar-refractivity contribution in [2.45, 2.75) is 37.3 Å². The highest BCUT2D eigenvalue weighted by Crippen LogP contribution is 2.39. The number of esters is 1. The highest BCUT2D eigenvalue weighted by Gasteiger charge is 2.29. The molecular weight excluding hydrogens is 793 g/mol. The Morgan fingerprint density at radius 2 is 1.39 bits per heavy atom. The zero-order chi connectivity index (χ0) is 42.5. The Hall–Kier alpha value is -6.58. The Balaban J connectivity index is 1.37. The van der Waals surface area contributed by atoms with Crippen LogP contribution in [0.4, 0.5) is 16.4 Å². The van der Waals surface area contributed by atoms with Crippen LogP contribution in [0, 0.1) is 6.92 Å². The predicted molar refractivity (Wildman–Crippen MR) is 231 cm³/mol. The number of amides is 4. The molecule has 0 saturated heterocycles. The van der Waals surface area contributed by atoms with Gasteiger partial charge in [-0.15, -0.1) is 23.1 Å². The number of carbonyl (C=O) groups excluding carboxylic acids is 5. The average Bonchev–Trinajstić information content (AvgIpc) is 3.57. The molecule has 1 heterocycles. The van der Waals surface area contributed by atoms with Crippen LogP contribution < -0.4 is 35.5 Å². The van der Waals surface area contributed by atoms with Crippen molar-refractivity contribution in [2.24, 2.45) is 0 Å². The molecule has 13 nitrogen and oxygen atoms in total. The molecule has 306 valence electrons. The summed E-state index contributed by atoms with van der Waals surface area (Å²) in [5, 5.41) is 10.9. The molecule has 0 aliphatic rings. The number of nitrogens with one attached hydrogen (secondary N) is 4. The molecule has 4 amide bonds. The molecule has 1 unspecified atom stereocenters. The van der Waals surface area contributed by atoms with E-state index in [1.54, 1.807) is 105 Å². The summed E-state index contributed by atoms with van der Waals surface area (Å²) in [4.78, 5) is 68.3. The van der Waals surface area contributed by atoms with Gasteiger partial charge in [0.2, 0.25) is 11.7 Å². The van der Waals surface area contributed by atoms with Crippen LogP contribution in [-0.2, 0) is 14.3 Å². The molecule has 0 saturated carbocycles. The fourth-order valence-electron chi connectivity index (χ4n) is 5.79. The van der Waals surface area contributed by atoms with Gasteiger partial charge in [-0.1, -0.05) is 49.4 Å². The Labute approximate surface area is 350 Å². The number of anilines is 3. The highest BCUT2D eigenvalue weighted by molar-refractivity contribution is 8.00. The van der Waals surface area contributed by atoms with Crippen LogP contribution in [-0.4, -0.2) is 62.8 Å². The molecule has 0 fully saturated rings. The molecule has 0 aliphatic carbocycles. The van der Waals surface area contributed by atoms with E-state index < -0.39 is 34.8 Å². The largest absolute Gasteiger partial charge is 0.493 e. The quantitative estimate of drug-likeness (QED) is 0.0405. The van der Waals surface area contributed by atoms with Crippen LogP contribution in [0.5, 0.6) is 17.2 Å². The summed E-state index contributed by atoms with van der Waals surface area (Å²) in [5.74, 6) is -1.53. The Kier molecular flexibility index (Phi) is 15.3. The predicted octanol–water partition coefficient (Wildman–Crippen LogP) is 8.43. The van der Waals surface area contributed by atoms with Crippen molar-refractivity contribution in [1.82, 2.24) is 5.32 Å². The van der Waals surface area contributed by atoms with Gasteiger partial charge in [-0.25, -0.2) is 4.79 Å². The van der Waals surface area contributed by atoms with Gasteiger partial charge in [0.15, 0.2) is 11.5 Å². The second kappa shape index (κ2) is 20.7. The van der Waals surface area contributed by atoms with Crippen molar-refractivity contribution in [2.75, 3.05) is 43.9 Å². The van der Waals surface area contributed by atoms with Crippen LogP contribution in [0.15, 0.2) is 108 Å². The minimum absolute atomic E-state index is 0.0718. The van der Waals surface area contributed by atoms with Gasteiger partial charge in [-0.2, -0.15) is 0 Å². The number of benzene rings is 4. The summed E-state index contributed by atoms with van der Waals surface area (Å²) in [6.07, 6.45) is 1.89. The van der Waals surface area contributed by atoms with E-state index in [0.29, 0.717) is 56.6 Å². The molecule has 4 aromatic carbocycles. The number of hydrogen-bond donors (Lipinski definition) is 4. The van der Waals surface area contributed by atoms with Crippen molar-refractivity contribution >= 4 is 75.1 Å². The van der Waals surface area contributed by atoms with E-state index in [1.807, 2.05) is 13.0 Å². The molecule has 0 radical (unpaired) electrons. The number of methoxy groups -OCH3 is 3. The lowest BCUT2D eigenvalue weighted by atomic mass is 10.1. The molecular formula is C44H44N4O9S2. The molecule has 59 heavy (non-hydrogen) atoms. The molecule has 15 heteroatoms. The van der Waals surface area contributed by atoms with Gasteiger partial charge in [0.1, 0.15) is 10.7 Å². The van der Waals surface area contributed by atoms with Gasteiger partial charge in [-0.05, 0) is 92.1 Å². The topological polar surface area (TPSA) is 170 Å². The smallest absolute Gasteiger partial charge is 0.341 e. The van der Waals surface area contributed by atoms with E-state index in [9.17, 15) is 24.0 Å². The van der Waals surface area contributed by atoms with Crippen molar-refractivity contribution in [3.05, 3.63) is 130 Å². The molecule has 0 aliphatic heterocycles. The first-order valence-corrected chi connectivity index (χ1v) is 20.1. The van der Waals surface area contributed by atoms with Gasteiger partial charge < -0.3 is 40.2 Å². The third-order valence-corrected chi connectivity index (χ3v) is 11.2. The van der Waals surface area contributed by atoms with Crippen LogP contribution in [0.25, 0.3) is 6.08 Å². The van der Waals surface area contributed by atoms with E-state index in [1.165, 1.54) is 39.2 Å². The van der Waals surface area contributed by atoms with E-state index in [-0.39, 0.29) is 27.7 Å². The highest BCUT2D eigenvalue weighted by atomic mass is 32.2. The number of para-hydroxylation sites is 1. The number of hydrogen-bond acceptors (Lipinski definition) is 11. The number of ether oxygens (including phenoxy) is 4. The first-order chi connectivity index (χ1) is 28.5. The van der Waals surface area contributed by atoms with E-state index in [4.69, 9.17) is 18.9 Å². The number of carbonyl (C=O) groups is 5. The molecule has 4 N–H and O–H groups in total. The molecule has 1 aromatic heterocycles. The average molecular weight is 837 g/mol. The lowest BCUT2D eigenvalue weighted by Crippen LogP contribution is -2.30. The van der Waals surface area contributed by atoms with Crippen molar-refractivity contribution in [3.63, 3.8) is 0 Å². The van der Waals surface area contributed by atoms with Gasteiger partial charge in [0.05, 0.1) is 43.6 Å². The number of thiophene rings is 1. The van der Waals surface area contributed by atoms with Crippen molar-refractivity contribution in [3.8, 4) is 17.2 Å². The first-order valence-electron chi connectivity index (χ1n) is 18.4. The molecule has 0 bridgehead atoms. The van der Waals surface area contributed by atoms with E-state index in [0.717, 1.165) is 11.3 Å². The summed E-state index contributed by atoms with van der Waals surface area (Å²) in [7, 11) is 4.43. The van der Waals surface area contributed by atoms with E-state index >= 15 is 0 Å². The minimum atomic E-state index is -0.655. The maximum Gasteiger partial charge on any atom is 0.341 e. The Morgan fingerprint density at radius 1 is 0.746 bits per heavy atom. The third kappa shape index (κ3) is 11.1. The minimum Gasteiger partial charge on any atom is -0.493 e. The number of thioether (sulfide) groups is 1. The lowest BCUT2D eigenvalue weighted by Gasteiger charge is -2.16. The SMILES string of the molecule is CCOC(=O)c1c(NC(=O)C(CC)Sc2cccc(NC(=O)/C(=C\c3cc(OC)c(OC)c(OC)c3)NC(=O)c3ccccc3)c2)sc(C(=O)Nc2ccccc2)c1C. The van der Waals surface area contributed by atoms with Crippen LogP contribution in [0.1, 0.15) is 61.8 Å². The Morgan fingerprint density at radius 3 is 2.00 bits per heavy atom. The van der Waals surface area contributed by atoms with Gasteiger partial charge in [0.25, 0.3) is 17.7 Å². The summed E-state index contributed by atoms with van der Waals surface area (Å²) < 4.78 is 21.7. The summed E-state index contributed by atoms with van der Waals surface area (Å²) >= 11 is 2.25. The zero-order valence-corrected chi connectivity index (χ0v) is 34.9. The summed E-state index contributed by atoms with van der Waals surface area (Å²) in [5.41, 5.74) is 2.23. The summed E-state index contributed by atoms with van der Waals surface area (Å²) in [6, 6.07) is 27.6. The fraction of sp³-hybridized carbons (Fsp3) is 0.205. The van der Waals surface area contributed by atoms with Crippen LogP contribution in [0.3, 0.4) is 0 Å². The normalized spacial score (nSPS) is 11.5. The fourth-order valence-corrected chi connectivity index (χ4v) is 7.90. The standard InChI is InChI=1S/C44H44N4O9S2/c1-7-35(41(51)48-43-36(44(53)57-8-2)26(3)38(59-43)42(52)45-29-18-13-10-14-19-29)58-31-21-15-20-30(25-31)46-40(50)32(47-39(49)28-16-11-9-12-17-28)22-27-23-33(54-4)37(56-6)34(24-27)55-5/h9-25,35H,7-8H2,1-6H3,(H,45,52)(H,46,50)(H,47,49)(H,48,51)/b32-22+. The van der Waals surface area contributed by atoms with Crippen molar-refractivity contribution < 1.29 is 42.9 Å². The van der Waals surface area contributed by atoms with Crippen LogP contribution >= 0.6 is 23.1 Å².